The lowest BCUT2D eigenvalue weighted by atomic mass is 10.2. The first-order valence-electron chi connectivity index (χ1n) is 3.05. The van der Waals surface area contributed by atoms with E-state index in [0.717, 1.165) is 6.42 Å². The molecule has 2 rings (SSSR count). The highest BCUT2D eigenvalue weighted by atomic mass is 32.2. The quantitative estimate of drug-likeness (QED) is 0.560. The maximum absolute atomic E-state index is 10.8. The highest BCUT2D eigenvalue weighted by molar-refractivity contribution is 8.22. The molecule has 54 valence electrons. The molecule has 0 bridgehead atoms. The average molecular weight is 173 g/mol. The summed E-state index contributed by atoms with van der Waals surface area (Å²) in [6, 6.07) is 0. The fourth-order valence-electron chi connectivity index (χ4n) is 1.03. The molecule has 0 aromatic heterocycles. The van der Waals surface area contributed by atoms with Crippen LogP contribution < -0.4 is 0 Å². The number of carbonyl (C=O) groups is 1. The SMILES string of the molecule is CSC1=CN2C(=O)C[C@H]2S1. The molecular weight excluding hydrogens is 166 g/mol. The first-order valence-corrected chi connectivity index (χ1v) is 5.15. The molecule has 0 N–H and O–H groups in total. The van der Waals surface area contributed by atoms with Gasteiger partial charge in [0.15, 0.2) is 0 Å². The molecule has 0 radical (unpaired) electrons. The van der Waals surface area contributed by atoms with Gasteiger partial charge >= 0.3 is 0 Å². The maximum atomic E-state index is 10.8. The molecule has 0 unspecified atom stereocenters. The molecule has 1 fully saturated rings. The Labute approximate surface area is 68.0 Å². The fraction of sp³-hybridized carbons (Fsp3) is 0.500. The largest absolute Gasteiger partial charge is 0.304 e. The Bertz CT molecular complexity index is 214. The number of hydrogen-bond acceptors (Lipinski definition) is 3. The maximum Gasteiger partial charge on any atom is 0.230 e. The van der Waals surface area contributed by atoms with Crippen LogP contribution in [0.2, 0.25) is 0 Å². The summed E-state index contributed by atoms with van der Waals surface area (Å²) in [4.78, 5) is 12.6. The van der Waals surface area contributed by atoms with Gasteiger partial charge in [-0.25, -0.2) is 0 Å². The van der Waals surface area contributed by atoms with E-state index >= 15 is 0 Å². The topological polar surface area (TPSA) is 20.3 Å². The van der Waals surface area contributed by atoms with Crippen LogP contribution in [-0.4, -0.2) is 22.4 Å². The van der Waals surface area contributed by atoms with Crippen LogP contribution in [-0.2, 0) is 4.79 Å². The van der Waals surface area contributed by atoms with Crippen molar-refractivity contribution in [2.45, 2.75) is 11.8 Å². The summed E-state index contributed by atoms with van der Waals surface area (Å²) in [5, 5.41) is 0.440. The lowest BCUT2D eigenvalue weighted by Crippen LogP contribution is -2.44. The molecule has 1 amide bonds. The zero-order valence-corrected chi connectivity index (χ0v) is 7.17. The van der Waals surface area contributed by atoms with Crippen molar-refractivity contribution >= 4 is 29.4 Å². The molecule has 0 aromatic rings. The summed E-state index contributed by atoms with van der Waals surface area (Å²) in [6.45, 7) is 0. The van der Waals surface area contributed by atoms with Crippen LogP contribution in [0.4, 0.5) is 0 Å². The number of amides is 1. The Balaban J connectivity index is 2.12. The van der Waals surface area contributed by atoms with Crippen molar-refractivity contribution in [2.75, 3.05) is 6.26 Å². The van der Waals surface area contributed by atoms with Crippen LogP contribution in [0.1, 0.15) is 6.42 Å². The molecule has 0 aliphatic carbocycles. The third-order valence-corrected chi connectivity index (χ3v) is 3.95. The minimum Gasteiger partial charge on any atom is -0.304 e. The second-order valence-corrected chi connectivity index (χ2v) is 4.56. The van der Waals surface area contributed by atoms with Gasteiger partial charge in [-0.2, -0.15) is 0 Å². The van der Waals surface area contributed by atoms with Gasteiger partial charge in [0.2, 0.25) is 5.91 Å². The zero-order chi connectivity index (χ0) is 7.14. The smallest absolute Gasteiger partial charge is 0.230 e. The molecule has 0 spiro atoms. The molecule has 1 saturated heterocycles. The molecule has 2 heterocycles. The van der Waals surface area contributed by atoms with Crippen molar-refractivity contribution in [2.24, 2.45) is 0 Å². The minimum atomic E-state index is 0.265. The monoisotopic (exact) mass is 173 g/mol. The summed E-state index contributed by atoms with van der Waals surface area (Å²) in [5.74, 6) is 0.265. The first-order chi connectivity index (χ1) is 4.81. The van der Waals surface area contributed by atoms with Gasteiger partial charge in [-0.15, -0.1) is 11.8 Å². The summed E-state index contributed by atoms with van der Waals surface area (Å²) < 4.78 is 1.26. The fourth-order valence-corrected chi connectivity index (χ4v) is 2.93. The van der Waals surface area contributed by atoms with Gasteiger partial charge in [0.05, 0.1) is 16.0 Å². The number of hydrogen-bond donors (Lipinski definition) is 0. The van der Waals surface area contributed by atoms with Crippen molar-refractivity contribution in [3.8, 4) is 0 Å². The van der Waals surface area contributed by atoms with Crippen LogP contribution in [0.5, 0.6) is 0 Å². The molecule has 4 heteroatoms. The van der Waals surface area contributed by atoms with Crippen LogP contribution in [0.3, 0.4) is 0 Å². The van der Waals surface area contributed by atoms with Gasteiger partial charge in [-0.05, 0) is 6.26 Å². The Morgan fingerprint density at radius 1 is 1.90 bits per heavy atom. The van der Waals surface area contributed by atoms with Crippen molar-refractivity contribution in [1.82, 2.24) is 4.90 Å². The number of nitrogens with zero attached hydrogens (tertiary/aromatic N) is 1. The van der Waals surface area contributed by atoms with E-state index in [9.17, 15) is 4.79 Å². The Morgan fingerprint density at radius 2 is 2.70 bits per heavy atom. The second kappa shape index (κ2) is 2.20. The lowest BCUT2D eigenvalue weighted by molar-refractivity contribution is -0.137. The highest BCUT2D eigenvalue weighted by Crippen LogP contribution is 2.45. The normalized spacial score (nSPS) is 29.7. The summed E-state index contributed by atoms with van der Waals surface area (Å²) >= 11 is 3.51. The average Bonchev–Trinajstić information content (AvgIpc) is 2.26. The van der Waals surface area contributed by atoms with Crippen molar-refractivity contribution in [3.63, 3.8) is 0 Å². The predicted molar refractivity (Wildman–Crippen MR) is 44.4 cm³/mol. The van der Waals surface area contributed by atoms with Gasteiger partial charge in [0.1, 0.15) is 0 Å². The summed E-state index contributed by atoms with van der Waals surface area (Å²) in [5.41, 5.74) is 0. The molecular formula is C6H7NOS2. The third kappa shape index (κ3) is 0.787. The van der Waals surface area contributed by atoms with E-state index in [0.29, 0.717) is 5.37 Å². The number of fused-ring (bicyclic) bond motifs is 1. The van der Waals surface area contributed by atoms with Gasteiger partial charge in [0, 0.05) is 6.20 Å². The molecule has 0 aromatic carbocycles. The number of β-lactam (4-membered cyclic amide) rings is 1. The molecule has 10 heavy (non-hydrogen) atoms. The Kier molecular flexibility index (Phi) is 1.46. The molecule has 1 atom stereocenters. The predicted octanol–water partition coefficient (Wildman–Crippen LogP) is 1.45. The first kappa shape index (κ1) is 6.61. The van der Waals surface area contributed by atoms with Crippen LogP contribution in [0.15, 0.2) is 10.4 Å². The number of carbonyl (C=O) groups excluding carboxylic acids is 1. The van der Waals surface area contributed by atoms with E-state index in [-0.39, 0.29) is 5.91 Å². The summed E-state index contributed by atoms with van der Waals surface area (Å²) in [6.07, 6.45) is 4.71. The van der Waals surface area contributed by atoms with Gasteiger partial charge in [0.25, 0.3) is 0 Å². The van der Waals surface area contributed by atoms with Crippen molar-refractivity contribution < 1.29 is 4.79 Å². The molecule has 2 nitrogen and oxygen atoms in total. The zero-order valence-electron chi connectivity index (χ0n) is 5.53. The second-order valence-electron chi connectivity index (χ2n) is 2.23. The molecule has 2 aliphatic heterocycles. The minimum absolute atomic E-state index is 0.265. The van der Waals surface area contributed by atoms with Crippen molar-refractivity contribution in [3.05, 3.63) is 10.4 Å². The molecule has 0 saturated carbocycles. The van der Waals surface area contributed by atoms with Crippen LogP contribution in [0.25, 0.3) is 0 Å². The van der Waals surface area contributed by atoms with Crippen LogP contribution in [0, 0.1) is 0 Å². The Morgan fingerprint density at radius 3 is 3.20 bits per heavy atom. The van der Waals surface area contributed by atoms with Gasteiger partial charge in [-0.3, -0.25) is 4.79 Å². The number of rotatable bonds is 1. The van der Waals surface area contributed by atoms with Crippen molar-refractivity contribution in [1.29, 1.82) is 0 Å². The van der Waals surface area contributed by atoms with E-state index in [4.69, 9.17) is 0 Å². The van der Waals surface area contributed by atoms with E-state index < -0.39 is 0 Å². The van der Waals surface area contributed by atoms with E-state index in [1.54, 1.807) is 23.5 Å². The van der Waals surface area contributed by atoms with Gasteiger partial charge in [-0.1, -0.05) is 11.8 Å². The third-order valence-electron chi connectivity index (χ3n) is 1.65. The summed E-state index contributed by atoms with van der Waals surface area (Å²) in [7, 11) is 0. The Hall–Kier alpha value is -0.0900. The highest BCUT2D eigenvalue weighted by Gasteiger charge is 2.40. The van der Waals surface area contributed by atoms with E-state index in [1.807, 2.05) is 17.4 Å². The molecule has 2 aliphatic rings. The van der Waals surface area contributed by atoms with E-state index in [1.165, 1.54) is 4.24 Å². The van der Waals surface area contributed by atoms with Gasteiger partial charge < -0.3 is 4.90 Å². The standard InChI is InChI=1S/C6H7NOS2/c1-9-6-3-7-4(8)2-5(7)10-6/h3,5H,2H2,1H3/t5-/m1/s1. The lowest BCUT2D eigenvalue weighted by Gasteiger charge is -2.31. The van der Waals surface area contributed by atoms with E-state index in [2.05, 4.69) is 0 Å². The number of thioether (sulfide) groups is 2. The van der Waals surface area contributed by atoms with Crippen LogP contribution >= 0.6 is 23.5 Å².